The standard InChI is InChI=1S/C12H18N6O/c13-8-1-3-9(4-2-8)16-7-10-11(14)12(15)18(17-10)5-6-19/h1-4,16,19H,5-7,13-15H2. The number of nitrogens with one attached hydrogen (secondary N) is 1. The highest BCUT2D eigenvalue weighted by atomic mass is 16.3. The third kappa shape index (κ3) is 2.89. The molecule has 0 aliphatic heterocycles. The van der Waals surface area contributed by atoms with Crippen LogP contribution in [-0.2, 0) is 13.1 Å². The van der Waals surface area contributed by atoms with Gasteiger partial charge in [0, 0.05) is 11.4 Å². The van der Waals surface area contributed by atoms with Gasteiger partial charge >= 0.3 is 0 Å². The van der Waals surface area contributed by atoms with E-state index in [1.54, 1.807) is 0 Å². The quantitative estimate of drug-likeness (QED) is 0.491. The van der Waals surface area contributed by atoms with E-state index in [4.69, 9.17) is 22.3 Å². The van der Waals surface area contributed by atoms with Gasteiger partial charge in [-0.15, -0.1) is 0 Å². The number of anilines is 4. The summed E-state index contributed by atoms with van der Waals surface area (Å²) >= 11 is 0. The van der Waals surface area contributed by atoms with Gasteiger partial charge in [0.2, 0.25) is 0 Å². The molecule has 0 saturated heterocycles. The molecule has 7 heteroatoms. The van der Waals surface area contributed by atoms with E-state index in [0.717, 1.165) is 5.69 Å². The van der Waals surface area contributed by atoms with Crippen molar-refractivity contribution in [2.24, 2.45) is 0 Å². The van der Waals surface area contributed by atoms with Gasteiger partial charge < -0.3 is 27.6 Å². The summed E-state index contributed by atoms with van der Waals surface area (Å²) in [5, 5.41) is 16.3. The van der Waals surface area contributed by atoms with E-state index in [1.165, 1.54) is 4.68 Å². The molecule has 0 aliphatic rings. The second-order valence-corrected chi connectivity index (χ2v) is 4.17. The number of rotatable bonds is 5. The summed E-state index contributed by atoms with van der Waals surface area (Å²) in [5.41, 5.74) is 20.0. The Bertz CT molecular complexity index is 548. The number of hydrogen-bond donors (Lipinski definition) is 5. The van der Waals surface area contributed by atoms with E-state index in [2.05, 4.69) is 10.4 Å². The topological polar surface area (TPSA) is 128 Å². The molecule has 0 bridgehead atoms. The lowest BCUT2D eigenvalue weighted by Crippen LogP contribution is -2.08. The number of nitrogens with two attached hydrogens (primary N) is 3. The lowest BCUT2D eigenvalue weighted by atomic mass is 10.2. The summed E-state index contributed by atoms with van der Waals surface area (Å²) in [6, 6.07) is 7.37. The predicted octanol–water partition coefficient (Wildman–Crippen LogP) is 0.234. The largest absolute Gasteiger partial charge is 0.399 e. The summed E-state index contributed by atoms with van der Waals surface area (Å²) in [6.07, 6.45) is 0. The first-order chi connectivity index (χ1) is 9.11. The van der Waals surface area contributed by atoms with Crippen molar-refractivity contribution in [3.05, 3.63) is 30.0 Å². The van der Waals surface area contributed by atoms with Crippen LogP contribution < -0.4 is 22.5 Å². The van der Waals surface area contributed by atoms with Crippen LogP contribution in [0.25, 0.3) is 0 Å². The van der Waals surface area contributed by atoms with Gasteiger partial charge in [0.1, 0.15) is 11.5 Å². The Kier molecular flexibility index (Phi) is 3.76. The van der Waals surface area contributed by atoms with Gasteiger partial charge in [-0.05, 0) is 24.3 Å². The second-order valence-electron chi connectivity index (χ2n) is 4.17. The molecule has 0 fully saturated rings. The van der Waals surface area contributed by atoms with E-state index in [9.17, 15) is 0 Å². The first kappa shape index (κ1) is 13.0. The van der Waals surface area contributed by atoms with Crippen molar-refractivity contribution in [2.75, 3.05) is 29.1 Å². The van der Waals surface area contributed by atoms with Crippen molar-refractivity contribution >= 4 is 22.9 Å². The number of aromatic nitrogens is 2. The molecule has 0 aliphatic carbocycles. The van der Waals surface area contributed by atoms with E-state index >= 15 is 0 Å². The third-order valence-electron chi connectivity index (χ3n) is 2.79. The van der Waals surface area contributed by atoms with Crippen molar-refractivity contribution in [3.8, 4) is 0 Å². The number of nitrogens with zero attached hydrogens (tertiary/aromatic N) is 2. The molecule has 1 heterocycles. The van der Waals surface area contributed by atoms with Crippen molar-refractivity contribution in [3.63, 3.8) is 0 Å². The van der Waals surface area contributed by atoms with Crippen LogP contribution in [0.4, 0.5) is 22.9 Å². The molecule has 0 amide bonds. The van der Waals surface area contributed by atoms with E-state index in [0.29, 0.717) is 36.0 Å². The van der Waals surface area contributed by atoms with Crippen LogP contribution in [0.5, 0.6) is 0 Å². The maximum absolute atomic E-state index is 8.89. The van der Waals surface area contributed by atoms with Gasteiger partial charge in [-0.3, -0.25) is 0 Å². The Balaban J connectivity index is 2.07. The zero-order valence-electron chi connectivity index (χ0n) is 10.5. The smallest absolute Gasteiger partial charge is 0.145 e. The minimum Gasteiger partial charge on any atom is -0.399 e. The van der Waals surface area contributed by atoms with Crippen LogP contribution in [0, 0.1) is 0 Å². The molecule has 8 N–H and O–H groups in total. The fourth-order valence-corrected chi connectivity index (χ4v) is 1.72. The molecule has 102 valence electrons. The molecule has 19 heavy (non-hydrogen) atoms. The van der Waals surface area contributed by atoms with Gasteiger partial charge in [-0.1, -0.05) is 0 Å². The molecule has 0 atom stereocenters. The van der Waals surface area contributed by atoms with Crippen LogP contribution in [-0.4, -0.2) is 21.5 Å². The minimum absolute atomic E-state index is 0.0316. The number of benzene rings is 1. The Morgan fingerprint density at radius 3 is 2.47 bits per heavy atom. The molecule has 7 nitrogen and oxygen atoms in total. The fraction of sp³-hybridized carbons (Fsp3) is 0.250. The first-order valence-corrected chi connectivity index (χ1v) is 5.92. The number of nitrogen functional groups attached to an aromatic ring is 3. The molecule has 0 saturated carbocycles. The number of hydrogen-bond acceptors (Lipinski definition) is 6. The molecule has 2 aromatic rings. The average Bonchev–Trinajstić information content (AvgIpc) is 2.67. The summed E-state index contributed by atoms with van der Waals surface area (Å²) in [4.78, 5) is 0. The Morgan fingerprint density at radius 2 is 1.84 bits per heavy atom. The van der Waals surface area contributed by atoms with Crippen molar-refractivity contribution < 1.29 is 5.11 Å². The molecular formula is C12H18N6O. The van der Waals surface area contributed by atoms with Crippen LogP contribution in [0.1, 0.15) is 5.69 Å². The predicted molar refractivity (Wildman–Crippen MR) is 76.3 cm³/mol. The monoisotopic (exact) mass is 262 g/mol. The zero-order chi connectivity index (χ0) is 13.8. The normalized spacial score (nSPS) is 10.6. The highest BCUT2D eigenvalue weighted by Gasteiger charge is 2.11. The Labute approximate surface area is 111 Å². The molecule has 0 unspecified atom stereocenters. The van der Waals surface area contributed by atoms with E-state index in [1.807, 2.05) is 24.3 Å². The average molecular weight is 262 g/mol. The summed E-state index contributed by atoms with van der Waals surface area (Å²) < 4.78 is 1.50. The van der Waals surface area contributed by atoms with Crippen molar-refractivity contribution in [1.29, 1.82) is 0 Å². The highest BCUT2D eigenvalue weighted by Crippen LogP contribution is 2.20. The van der Waals surface area contributed by atoms with E-state index < -0.39 is 0 Å². The van der Waals surface area contributed by atoms with Gasteiger partial charge in [0.05, 0.1) is 25.4 Å². The second kappa shape index (κ2) is 5.49. The maximum Gasteiger partial charge on any atom is 0.145 e. The first-order valence-electron chi connectivity index (χ1n) is 5.92. The molecule has 1 aromatic carbocycles. The number of aliphatic hydroxyl groups is 1. The van der Waals surface area contributed by atoms with Crippen LogP contribution in [0.15, 0.2) is 24.3 Å². The Hall–Kier alpha value is -2.41. The lowest BCUT2D eigenvalue weighted by molar-refractivity contribution is 0.270. The minimum atomic E-state index is -0.0316. The maximum atomic E-state index is 8.89. The van der Waals surface area contributed by atoms with Gasteiger partial charge in [-0.25, -0.2) is 4.68 Å². The molecule has 1 aromatic heterocycles. The summed E-state index contributed by atoms with van der Waals surface area (Å²) in [5.74, 6) is 0.378. The summed E-state index contributed by atoms with van der Waals surface area (Å²) in [7, 11) is 0. The van der Waals surface area contributed by atoms with Gasteiger partial charge in [-0.2, -0.15) is 5.10 Å². The highest BCUT2D eigenvalue weighted by molar-refractivity contribution is 5.63. The molecule has 2 rings (SSSR count). The molecule has 0 radical (unpaired) electrons. The van der Waals surface area contributed by atoms with Crippen LogP contribution in [0.2, 0.25) is 0 Å². The van der Waals surface area contributed by atoms with E-state index in [-0.39, 0.29) is 6.61 Å². The molecular weight excluding hydrogens is 244 g/mol. The third-order valence-corrected chi connectivity index (χ3v) is 2.79. The summed E-state index contributed by atoms with van der Waals surface area (Å²) in [6.45, 7) is 0.756. The Morgan fingerprint density at radius 1 is 1.16 bits per heavy atom. The lowest BCUT2D eigenvalue weighted by Gasteiger charge is -2.05. The molecule has 0 spiro atoms. The van der Waals surface area contributed by atoms with Crippen molar-refractivity contribution in [2.45, 2.75) is 13.1 Å². The van der Waals surface area contributed by atoms with Gasteiger partial charge in [0.15, 0.2) is 0 Å². The van der Waals surface area contributed by atoms with Crippen molar-refractivity contribution in [1.82, 2.24) is 9.78 Å². The SMILES string of the molecule is Nc1ccc(NCc2nn(CCO)c(N)c2N)cc1. The zero-order valence-corrected chi connectivity index (χ0v) is 10.5. The van der Waals surface area contributed by atoms with Gasteiger partial charge in [0.25, 0.3) is 0 Å². The fourth-order valence-electron chi connectivity index (χ4n) is 1.72. The number of aliphatic hydroxyl groups excluding tert-OH is 1. The van der Waals surface area contributed by atoms with Crippen LogP contribution in [0.3, 0.4) is 0 Å². The van der Waals surface area contributed by atoms with Crippen LogP contribution >= 0.6 is 0 Å².